The van der Waals surface area contributed by atoms with E-state index in [2.05, 4.69) is 30.5 Å². The van der Waals surface area contributed by atoms with Gasteiger partial charge in [-0.15, -0.1) is 0 Å². The highest BCUT2D eigenvalue weighted by molar-refractivity contribution is 5.88. The molecule has 0 saturated carbocycles. The molecule has 1 aliphatic carbocycles. The molecule has 70 heavy (non-hydrogen) atoms. The zero-order chi connectivity index (χ0) is 48.4. The third-order valence-electron chi connectivity index (χ3n) is 14.3. The van der Waals surface area contributed by atoms with Crippen molar-refractivity contribution in [2.75, 3.05) is 53.9 Å². The predicted octanol–water partition coefficient (Wildman–Crippen LogP) is 9.28. The van der Waals surface area contributed by atoms with Crippen molar-refractivity contribution in [1.82, 2.24) is 40.4 Å². The Bertz CT molecular complexity index is 2830. The fourth-order valence-corrected chi connectivity index (χ4v) is 10.5. The van der Waals surface area contributed by atoms with Gasteiger partial charge in [0.1, 0.15) is 17.7 Å². The molecule has 3 fully saturated rings. The van der Waals surface area contributed by atoms with Gasteiger partial charge in [0.25, 0.3) is 11.8 Å². The molecule has 17 heteroatoms. The molecular weight excluding hydrogens is 899 g/mol. The Kier molecular flexibility index (Phi) is 13.5. The van der Waals surface area contributed by atoms with Crippen LogP contribution in [0, 0.1) is 5.92 Å². The van der Waals surface area contributed by atoms with Gasteiger partial charge in [-0.2, -0.15) is 8.78 Å². The number of alkyl halides is 2. The minimum atomic E-state index is -3.23. The molecule has 4 atom stereocenters. The number of carbonyl (C=O) groups excluding carboxylic acids is 3. The Balaban J connectivity index is 0.798. The number of ether oxygens (including phenoxy) is 4. The van der Waals surface area contributed by atoms with E-state index in [9.17, 15) is 14.4 Å². The first kappa shape index (κ1) is 46.8. The smallest absolute Gasteiger partial charge is 0.407 e. The second-order valence-electron chi connectivity index (χ2n) is 18.4. The number of likely N-dealkylation sites (tertiary alicyclic amines) is 2. The van der Waals surface area contributed by atoms with Crippen LogP contribution in [0.4, 0.5) is 18.4 Å². The molecule has 6 aromatic rings. The summed E-state index contributed by atoms with van der Waals surface area (Å²) >= 11 is 0. The number of aromatic amines is 2. The third-order valence-corrected chi connectivity index (χ3v) is 14.3. The Morgan fingerprint density at radius 3 is 2.01 bits per heavy atom. The summed E-state index contributed by atoms with van der Waals surface area (Å²) in [5.41, 5.74) is 5.88. The second-order valence-corrected chi connectivity index (χ2v) is 18.4. The molecule has 3 aliphatic heterocycles. The summed E-state index contributed by atoms with van der Waals surface area (Å²) in [6.45, 7) is 3.31. The summed E-state index contributed by atoms with van der Waals surface area (Å²) in [4.78, 5) is 58.6. The van der Waals surface area contributed by atoms with Crippen LogP contribution in [-0.4, -0.2) is 108 Å². The van der Waals surface area contributed by atoms with Crippen molar-refractivity contribution in [3.05, 3.63) is 132 Å². The maximum absolute atomic E-state index is 16.6. The number of methoxy groups -OCH3 is 2. The monoisotopic (exact) mass is 954 g/mol. The molecule has 5 heterocycles. The molecule has 0 spiro atoms. The number of benzene rings is 4. The van der Waals surface area contributed by atoms with E-state index in [1.54, 1.807) is 53.7 Å². The molecule has 2 aromatic heterocycles. The first-order valence-corrected chi connectivity index (χ1v) is 23.9. The van der Waals surface area contributed by atoms with Crippen LogP contribution in [0.5, 0.6) is 0 Å². The molecule has 0 unspecified atom stereocenters. The van der Waals surface area contributed by atoms with Crippen LogP contribution < -0.4 is 10.6 Å². The highest BCUT2D eigenvalue weighted by Crippen LogP contribution is 2.53. The number of rotatable bonds is 14. The standard InChI is InChI=1S/C53H56F2N8O7/c1-67-51(65)60-44(34-20-24-69-25-21-34)30-70-31-62-22-6-10-45(62)48-56-29-43(59-48)37-17-19-39-38-18-16-36(26-40(38)53(54,55)41(39)27-37)32-12-14-33(15-13-32)42-28-57-49(58-42)46-11-7-23-63(46)50(64)47(61-52(66)68-2)35-8-4-3-5-9-35/h3-5,8-9,12-19,26-29,34,44-47H,6-7,10-11,20-25,30-31H2,1-2H3,(H,56,59)(H,57,58)(H,60,65)(H,61,66)/t44-,45+,46+,47-/m1/s1. The number of hydrogen-bond acceptors (Lipinski definition) is 10. The van der Waals surface area contributed by atoms with E-state index < -0.39 is 24.2 Å². The fourth-order valence-electron chi connectivity index (χ4n) is 10.5. The molecule has 4 N–H and O–H groups in total. The minimum absolute atomic E-state index is 0.0358. The van der Waals surface area contributed by atoms with Crippen LogP contribution in [0.2, 0.25) is 0 Å². The van der Waals surface area contributed by atoms with E-state index in [1.807, 2.05) is 54.6 Å². The van der Waals surface area contributed by atoms with Crippen LogP contribution in [-0.2, 0) is 29.7 Å². The molecule has 15 nitrogen and oxygen atoms in total. The van der Waals surface area contributed by atoms with Crippen LogP contribution in [0.25, 0.3) is 44.8 Å². The van der Waals surface area contributed by atoms with E-state index in [-0.39, 0.29) is 41.1 Å². The van der Waals surface area contributed by atoms with Crippen molar-refractivity contribution in [3.8, 4) is 44.8 Å². The van der Waals surface area contributed by atoms with Gasteiger partial charge in [-0.1, -0.05) is 78.9 Å². The van der Waals surface area contributed by atoms with Gasteiger partial charge in [0.2, 0.25) is 0 Å². The number of amides is 3. The largest absolute Gasteiger partial charge is 0.453 e. The van der Waals surface area contributed by atoms with Gasteiger partial charge >= 0.3 is 12.2 Å². The molecule has 0 bridgehead atoms. The first-order valence-electron chi connectivity index (χ1n) is 23.9. The normalized spacial score (nSPS) is 19.6. The molecule has 4 aromatic carbocycles. The van der Waals surface area contributed by atoms with E-state index >= 15 is 8.78 Å². The molecule has 4 aliphatic rings. The number of H-pyrrole nitrogens is 2. The molecule has 364 valence electrons. The van der Waals surface area contributed by atoms with Crippen molar-refractivity contribution in [2.45, 2.75) is 68.6 Å². The Morgan fingerprint density at radius 2 is 1.31 bits per heavy atom. The summed E-state index contributed by atoms with van der Waals surface area (Å²) in [5, 5.41) is 5.64. The predicted molar refractivity (Wildman–Crippen MR) is 256 cm³/mol. The van der Waals surface area contributed by atoms with Gasteiger partial charge < -0.3 is 44.4 Å². The first-order chi connectivity index (χ1) is 34.1. The summed E-state index contributed by atoms with van der Waals surface area (Å²) < 4.78 is 54.5. The van der Waals surface area contributed by atoms with Crippen LogP contribution >= 0.6 is 0 Å². The molecule has 3 saturated heterocycles. The number of halogens is 2. The van der Waals surface area contributed by atoms with Gasteiger partial charge in [-0.25, -0.2) is 19.6 Å². The number of nitrogens with zero attached hydrogens (tertiary/aromatic N) is 4. The Morgan fingerprint density at radius 1 is 0.729 bits per heavy atom. The van der Waals surface area contributed by atoms with Crippen molar-refractivity contribution < 1.29 is 42.1 Å². The summed E-state index contributed by atoms with van der Waals surface area (Å²) in [6.07, 6.45) is 7.22. The minimum Gasteiger partial charge on any atom is -0.453 e. The van der Waals surface area contributed by atoms with E-state index in [0.717, 1.165) is 61.3 Å². The number of nitrogens with one attached hydrogen (secondary N) is 4. The summed E-state index contributed by atoms with van der Waals surface area (Å²) in [7, 11) is 2.61. The van der Waals surface area contributed by atoms with Gasteiger partial charge in [0, 0.05) is 43.0 Å². The second kappa shape index (κ2) is 20.2. The van der Waals surface area contributed by atoms with Crippen LogP contribution in [0.3, 0.4) is 0 Å². The topological polar surface area (TPSA) is 176 Å². The SMILES string of the molecule is COC(=O)N[C@@H](C(=O)N1CCC[C@H]1c1ncc(-c2ccc(-c3ccc4c(c3)C(F)(F)c3cc(-c5cnc([C@@H]6CCCN6COC[C@@H](NC(=O)OC)C6CCOCC6)[nH]5)ccc3-4)cc2)[nH]1)c1ccccc1. The lowest BCUT2D eigenvalue weighted by atomic mass is 9.92. The quantitative estimate of drug-likeness (QED) is 0.0824. The van der Waals surface area contributed by atoms with Crippen molar-refractivity contribution >= 4 is 18.1 Å². The zero-order valence-corrected chi connectivity index (χ0v) is 39.1. The number of carbonyl (C=O) groups is 3. The number of hydrogen-bond donors (Lipinski definition) is 4. The fraction of sp³-hybridized carbons (Fsp3) is 0.377. The number of aromatic nitrogens is 4. The highest BCUT2D eigenvalue weighted by atomic mass is 19.3. The van der Waals surface area contributed by atoms with Gasteiger partial charge in [0.05, 0.1) is 69.5 Å². The summed E-state index contributed by atoms with van der Waals surface area (Å²) in [6, 6.07) is 25.7. The molecule has 3 amide bonds. The van der Waals surface area contributed by atoms with E-state index in [4.69, 9.17) is 23.9 Å². The Hall–Kier alpha value is -6.95. The van der Waals surface area contributed by atoms with Gasteiger partial charge in [-0.3, -0.25) is 9.69 Å². The van der Waals surface area contributed by atoms with Gasteiger partial charge in [0.15, 0.2) is 0 Å². The van der Waals surface area contributed by atoms with Crippen molar-refractivity contribution in [1.29, 1.82) is 0 Å². The van der Waals surface area contributed by atoms with Crippen molar-refractivity contribution in [3.63, 3.8) is 0 Å². The zero-order valence-electron chi connectivity index (χ0n) is 39.1. The maximum atomic E-state index is 16.6. The summed E-state index contributed by atoms with van der Waals surface area (Å²) in [5.74, 6) is -1.88. The van der Waals surface area contributed by atoms with E-state index in [1.165, 1.54) is 14.2 Å². The third kappa shape index (κ3) is 9.40. The lowest BCUT2D eigenvalue weighted by Crippen LogP contribution is -2.46. The molecule has 0 radical (unpaired) electrons. The lowest BCUT2D eigenvalue weighted by Gasteiger charge is -2.31. The maximum Gasteiger partial charge on any atom is 0.407 e. The lowest BCUT2D eigenvalue weighted by molar-refractivity contribution is -0.134. The van der Waals surface area contributed by atoms with Crippen molar-refractivity contribution in [2.24, 2.45) is 5.92 Å². The van der Waals surface area contributed by atoms with Crippen LogP contribution in [0.1, 0.15) is 85.0 Å². The highest BCUT2D eigenvalue weighted by Gasteiger charge is 2.45. The number of alkyl carbamates (subject to hydrolysis) is 2. The number of imidazole rings is 2. The average molecular weight is 955 g/mol. The number of fused-ring (bicyclic) bond motifs is 3. The van der Waals surface area contributed by atoms with E-state index in [0.29, 0.717) is 78.9 Å². The Labute approximate surface area is 404 Å². The molecular formula is C53H56F2N8O7. The van der Waals surface area contributed by atoms with Gasteiger partial charge in [-0.05, 0) is 90.0 Å². The average Bonchev–Trinajstić information content (AvgIpc) is 4.27. The van der Waals surface area contributed by atoms with Crippen LogP contribution in [0.15, 0.2) is 103 Å². The molecule has 10 rings (SSSR count).